The summed E-state index contributed by atoms with van der Waals surface area (Å²) in [5, 5.41) is 0. The number of thioether (sulfide) groups is 1. The molecule has 1 amide bonds. The molecule has 1 rings (SSSR count). The topological polar surface area (TPSA) is 23.6 Å². The Morgan fingerprint density at radius 1 is 1.32 bits per heavy atom. The molecule has 1 unspecified atom stereocenters. The van der Waals surface area contributed by atoms with Gasteiger partial charge in [-0.2, -0.15) is 0 Å². The van der Waals surface area contributed by atoms with Gasteiger partial charge >= 0.3 is 0 Å². The fraction of sp³-hybridized carbons (Fsp3) is 0.500. The Hall–Kier alpha value is -1.26. The van der Waals surface area contributed by atoms with Gasteiger partial charge in [0.15, 0.2) is 0 Å². The summed E-state index contributed by atoms with van der Waals surface area (Å²) < 4.78 is 0. The second kappa shape index (κ2) is 9.01. The summed E-state index contributed by atoms with van der Waals surface area (Å²) in [6.45, 7) is 12.0. The van der Waals surface area contributed by atoms with Gasteiger partial charge in [-0.25, -0.2) is 0 Å². The van der Waals surface area contributed by atoms with Crippen molar-refractivity contribution in [3.63, 3.8) is 0 Å². The van der Waals surface area contributed by atoms with Crippen molar-refractivity contribution in [3.8, 4) is 0 Å². The lowest BCUT2D eigenvalue weighted by molar-refractivity contribution is -0.135. The highest BCUT2D eigenvalue weighted by Gasteiger charge is 2.22. The van der Waals surface area contributed by atoms with E-state index in [4.69, 9.17) is 0 Å². The van der Waals surface area contributed by atoms with E-state index < -0.39 is 0 Å². The van der Waals surface area contributed by atoms with Crippen molar-refractivity contribution in [1.82, 2.24) is 9.80 Å². The van der Waals surface area contributed by atoms with Crippen LogP contribution >= 0.6 is 11.8 Å². The number of carbonyl (C=O) groups excluding carboxylic acids is 1. The maximum absolute atomic E-state index is 12.6. The van der Waals surface area contributed by atoms with Crippen molar-refractivity contribution in [2.75, 3.05) is 26.4 Å². The van der Waals surface area contributed by atoms with Gasteiger partial charge < -0.3 is 4.90 Å². The molecule has 0 aliphatic heterocycles. The molecule has 0 N–H and O–H groups in total. The first-order valence-corrected chi connectivity index (χ1v) is 8.87. The molecule has 1 atom stereocenters. The highest BCUT2D eigenvalue weighted by molar-refractivity contribution is 7.98. The number of carbonyl (C=O) groups is 1. The zero-order chi connectivity index (χ0) is 16.7. The van der Waals surface area contributed by atoms with Crippen molar-refractivity contribution in [2.24, 2.45) is 0 Å². The monoisotopic (exact) mass is 320 g/mol. The third-order valence-corrected chi connectivity index (χ3v) is 4.51. The second-order valence-corrected chi connectivity index (χ2v) is 6.63. The number of benzene rings is 1. The predicted octanol–water partition coefficient (Wildman–Crippen LogP) is 3.65. The fourth-order valence-electron chi connectivity index (χ4n) is 2.28. The van der Waals surface area contributed by atoms with Crippen LogP contribution in [-0.4, -0.2) is 48.1 Å². The second-order valence-electron chi connectivity index (χ2n) is 5.75. The molecule has 22 heavy (non-hydrogen) atoms. The van der Waals surface area contributed by atoms with E-state index in [9.17, 15) is 4.79 Å². The van der Waals surface area contributed by atoms with Crippen molar-refractivity contribution in [1.29, 1.82) is 0 Å². The van der Waals surface area contributed by atoms with Crippen LogP contribution in [0.4, 0.5) is 0 Å². The molecule has 0 saturated heterocycles. The zero-order valence-electron chi connectivity index (χ0n) is 14.4. The van der Waals surface area contributed by atoms with E-state index in [2.05, 4.69) is 42.0 Å². The van der Waals surface area contributed by atoms with Gasteiger partial charge in [0.2, 0.25) is 5.91 Å². The van der Waals surface area contributed by atoms with Gasteiger partial charge in [-0.15, -0.1) is 11.8 Å². The van der Waals surface area contributed by atoms with Gasteiger partial charge in [-0.1, -0.05) is 24.3 Å². The van der Waals surface area contributed by atoms with Gasteiger partial charge in [0.1, 0.15) is 0 Å². The summed E-state index contributed by atoms with van der Waals surface area (Å²) in [4.78, 5) is 17.8. The molecular weight excluding hydrogens is 292 g/mol. The van der Waals surface area contributed by atoms with Crippen LogP contribution in [-0.2, 0) is 11.3 Å². The molecule has 0 heterocycles. The number of nitrogens with zero attached hydrogens (tertiary/aromatic N) is 2. The minimum Gasteiger partial charge on any atom is -0.338 e. The van der Waals surface area contributed by atoms with Crippen molar-refractivity contribution < 1.29 is 4.79 Å². The van der Waals surface area contributed by atoms with Crippen LogP contribution in [0.3, 0.4) is 0 Å². The van der Waals surface area contributed by atoms with Crippen LogP contribution in [0.25, 0.3) is 0 Å². The van der Waals surface area contributed by atoms with Crippen LogP contribution in [0, 0.1) is 0 Å². The Labute approximate surface area is 139 Å². The summed E-state index contributed by atoms with van der Waals surface area (Å²) in [6, 6.07) is 8.37. The van der Waals surface area contributed by atoms with Crippen LogP contribution in [0.1, 0.15) is 26.3 Å². The molecule has 0 saturated carbocycles. The van der Waals surface area contributed by atoms with E-state index in [0.717, 1.165) is 12.1 Å². The Bertz CT molecular complexity index is 498. The Morgan fingerprint density at radius 3 is 2.36 bits per heavy atom. The smallest absolute Gasteiger partial charge is 0.239 e. The molecule has 3 nitrogen and oxygen atoms in total. The van der Waals surface area contributed by atoms with E-state index in [1.54, 1.807) is 11.8 Å². The first-order chi connectivity index (χ1) is 10.4. The lowest BCUT2D eigenvalue weighted by Gasteiger charge is -2.30. The molecule has 0 aromatic heterocycles. The van der Waals surface area contributed by atoms with E-state index in [0.29, 0.717) is 13.1 Å². The van der Waals surface area contributed by atoms with Crippen LogP contribution in [0.15, 0.2) is 41.3 Å². The van der Waals surface area contributed by atoms with Gasteiger partial charge in [-0.3, -0.25) is 9.69 Å². The standard InChI is InChI=1S/C18H28N2OS/c1-7-20(12-14(2)3)18(21)15(4)19(5)13-16-8-10-17(22-6)11-9-16/h8-11,15H,2,7,12-13H2,1,3-6H3. The lowest BCUT2D eigenvalue weighted by atomic mass is 10.1. The van der Waals surface area contributed by atoms with Gasteiger partial charge in [0.05, 0.1) is 6.04 Å². The highest BCUT2D eigenvalue weighted by Crippen LogP contribution is 2.16. The molecule has 122 valence electrons. The van der Waals surface area contributed by atoms with Crippen molar-refractivity contribution >= 4 is 17.7 Å². The summed E-state index contributed by atoms with van der Waals surface area (Å²) >= 11 is 1.74. The molecule has 1 aromatic carbocycles. The maximum Gasteiger partial charge on any atom is 0.239 e. The Morgan fingerprint density at radius 2 is 1.91 bits per heavy atom. The minimum absolute atomic E-state index is 0.139. The molecule has 0 aliphatic rings. The maximum atomic E-state index is 12.6. The molecule has 0 aliphatic carbocycles. The quantitative estimate of drug-likeness (QED) is 0.539. The van der Waals surface area contributed by atoms with Crippen molar-refractivity contribution in [3.05, 3.63) is 42.0 Å². The highest BCUT2D eigenvalue weighted by atomic mass is 32.2. The molecule has 1 aromatic rings. The van der Waals surface area contributed by atoms with Crippen LogP contribution in [0.5, 0.6) is 0 Å². The van der Waals surface area contributed by atoms with Gasteiger partial charge in [0, 0.05) is 24.5 Å². The Balaban J connectivity index is 2.67. The fourth-order valence-corrected chi connectivity index (χ4v) is 2.69. The van der Waals surface area contributed by atoms with Gasteiger partial charge in [0.25, 0.3) is 0 Å². The Kier molecular flexibility index (Phi) is 7.69. The average Bonchev–Trinajstić information content (AvgIpc) is 2.51. The normalized spacial score (nSPS) is 12.3. The molecular formula is C18H28N2OS. The largest absolute Gasteiger partial charge is 0.338 e. The number of hydrogen-bond acceptors (Lipinski definition) is 3. The average molecular weight is 321 g/mol. The molecule has 0 fully saturated rings. The molecule has 4 heteroatoms. The number of amides is 1. The van der Waals surface area contributed by atoms with E-state index in [1.165, 1.54) is 10.5 Å². The molecule has 0 bridgehead atoms. The third kappa shape index (κ3) is 5.50. The zero-order valence-corrected chi connectivity index (χ0v) is 15.2. The first-order valence-electron chi connectivity index (χ1n) is 7.65. The summed E-state index contributed by atoms with van der Waals surface area (Å²) in [5.74, 6) is 0.161. The minimum atomic E-state index is -0.139. The predicted molar refractivity (Wildman–Crippen MR) is 96.2 cm³/mol. The van der Waals surface area contributed by atoms with Crippen LogP contribution < -0.4 is 0 Å². The van der Waals surface area contributed by atoms with E-state index in [-0.39, 0.29) is 11.9 Å². The number of rotatable bonds is 8. The molecule has 0 radical (unpaired) electrons. The van der Waals surface area contributed by atoms with Crippen LogP contribution in [0.2, 0.25) is 0 Å². The van der Waals surface area contributed by atoms with Gasteiger partial charge in [-0.05, 0) is 51.8 Å². The molecule has 0 spiro atoms. The van der Waals surface area contributed by atoms with E-state index in [1.807, 2.05) is 32.7 Å². The third-order valence-electron chi connectivity index (χ3n) is 3.76. The SMILES string of the molecule is C=C(C)CN(CC)C(=O)C(C)N(C)Cc1ccc(SC)cc1. The number of hydrogen-bond donors (Lipinski definition) is 0. The first kappa shape index (κ1) is 18.8. The number of likely N-dealkylation sites (N-methyl/N-ethyl adjacent to an activating group) is 2. The lowest BCUT2D eigenvalue weighted by Crippen LogP contribution is -2.45. The summed E-state index contributed by atoms with van der Waals surface area (Å²) in [6.07, 6.45) is 2.07. The van der Waals surface area contributed by atoms with Crippen molar-refractivity contribution in [2.45, 2.75) is 38.3 Å². The summed E-state index contributed by atoms with van der Waals surface area (Å²) in [7, 11) is 2.00. The summed E-state index contributed by atoms with van der Waals surface area (Å²) in [5.41, 5.74) is 2.24. The van der Waals surface area contributed by atoms with E-state index >= 15 is 0 Å².